The molecule has 2 saturated heterocycles. The van der Waals surface area contributed by atoms with E-state index in [2.05, 4.69) is 27.3 Å². The van der Waals surface area contributed by atoms with E-state index in [-0.39, 0.29) is 24.3 Å². The molecular weight excluding hydrogens is 342 g/mol. The molecule has 4 rings (SSSR count). The van der Waals surface area contributed by atoms with Gasteiger partial charge in [-0.05, 0) is 25.3 Å². The van der Waals surface area contributed by atoms with Crippen molar-refractivity contribution in [2.45, 2.75) is 38.0 Å². The highest BCUT2D eigenvalue weighted by atomic mass is 16.2. The van der Waals surface area contributed by atoms with Crippen LogP contribution in [0.3, 0.4) is 0 Å². The summed E-state index contributed by atoms with van der Waals surface area (Å²) in [6, 6.07) is 10.1. The molecule has 0 unspecified atom stereocenters. The lowest BCUT2D eigenvalue weighted by atomic mass is 9.96. The molecule has 7 heteroatoms. The van der Waals surface area contributed by atoms with Gasteiger partial charge in [-0.1, -0.05) is 30.3 Å². The number of amides is 2. The van der Waals surface area contributed by atoms with Gasteiger partial charge in [-0.2, -0.15) is 5.10 Å². The number of benzene rings is 1. The minimum Gasteiger partial charge on any atom is -0.341 e. The second-order valence-electron chi connectivity index (χ2n) is 7.52. The van der Waals surface area contributed by atoms with Crippen molar-refractivity contribution in [2.75, 3.05) is 26.2 Å². The van der Waals surface area contributed by atoms with Crippen LogP contribution in [0.15, 0.2) is 30.3 Å². The Bertz CT molecular complexity index is 811. The maximum Gasteiger partial charge on any atom is 0.242 e. The van der Waals surface area contributed by atoms with Crippen LogP contribution in [0.2, 0.25) is 0 Å². The molecule has 2 aliphatic rings. The fraction of sp³-hybridized carbons (Fsp3) is 0.500. The zero-order valence-electron chi connectivity index (χ0n) is 15.6. The van der Waals surface area contributed by atoms with E-state index in [9.17, 15) is 9.59 Å². The fourth-order valence-corrected chi connectivity index (χ4v) is 4.07. The van der Waals surface area contributed by atoms with Gasteiger partial charge in [-0.25, -0.2) is 4.98 Å². The molecule has 1 aromatic carbocycles. The summed E-state index contributed by atoms with van der Waals surface area (Å²) in [6.07, 6.45) is 2.22. The maximum absolute atomic E-state index is 12.7. The lowest BCUT2D eigenvalue weighted by Crippen LogP contribution is -2.44. The summed E-state index contributed by atoms with van der Waals surface area (Å²) >= 11 is 0. The van der Waals surface area contributed by atoms with E-state index in [1.807, 2.05) is 30.0 Å². The van der Waals surface area contributed by atoms with Gasteiger partial charge in [0, 0.05) is 37.9 Å². The molecule has 0 bridgehead atoms. The van der Waals surface area contributed by atoms with Crippen molar-refractivity contribution in [2.24, 2.45) is 0 Å². The Labute approximate surface area is 158 Å². The largest absolute Gasteiger partial charge is 0.341 e. The van der Waals surface area contributed by atoms with Crippen molar-refractivity contribution < 1.29 is 9.59 Å². The van der Waals surface area contributed by atoms with Gasteiger partial charge in [-0.3, -0.25) is 14.7 Å². The van der Waals surface area contributed by atoms with Crippen LogP contribution < -0.4 is 0 Å². The van der Waals surface area contributed by atoms with E-state index in [4.69, 9.17) is 0 Å². The highest BCUT2D eigenvalue weighted by Crippen LogP contribution is 2.29. The zero-order chi connectivity index (χ0) is 18.8. The normalized spacial score (nSPS) is 21.1. The molecule has 2 fully saturated rings. The van der Waals surface area contributed by atoms with E-state index in [0.29, 0.717) is 32.0 Å². The molecule has 1 atom stereocenters. The molecule has 2 amide bonds. The smallest absolute Gasteiger partial charge is 0.242 e. The van der Waals surface area contributed by atoms with Crippen molar-refractivity contribution in [1.29, 1.82) is 0 Å². The van der Waals surface area contributed by atoms with Crippen molar-refractivity contribution in [1.82, 2.24) is 25.0 Å². The van der Waals surface area contributed by atoms with Crippen LogP contribution in [0.1, 0.15) is 48.3 Å². The third kappa shape index (κ3) is 3.86. The quantitative estimate of drug-likeness (QED) is 0.894. The lowest BCUT2D eigenvalue weighted by Gasteiger charge is -2.32. The number of nitrogens with one attached hydrogen (secondary N) is 1. The number of nitrogens with zero attached hydrogens (tertiary/aromatic N) is 4. The predicted octanol–water partition coefficient (Wildman–Crippen LogP) is 1.84. The van der Waals surface area contributed by atoms with Gasteiger partial charge in [0.25, 0.3) is 0 Å². The molecule has 1 aromatic heterocycles. The topological polar surface area (TPSA) is 82.2 Å². The molecule has 2 aliphatic heterocycles. The number of hydrogen-bond acceptors (Lipinski definition) is 4. The number of aromatic nitrogens is 3. The van der Waals surface area contributed by atoms with E-state index in [0.717, 1.165) is 24.5 Å². The Balaban J connectivity index is 1.30. The number of piperidine rings is 1. The number of carbonyl (C=O) groups is 2. The number of aromatic amines is 1. The van der Waals surface area contributed by atoms with Crippen LogP contribution in [0, 0.1) is 6.92 Å². The first-order valence-corrected chi connectivity index (χ1v) is 9.59. The summed E-state index contributed by atoms with van der Waals surface area (Å²) < 4.78 is 0. The van der Waals surface area contributed by atoms with E-state index >= 15 is 0 Å². The molecule has 1 N–H and O–H groups in total. The summed E-state index contributed by atoms with van der Waals surface area (Å²) in [5.74, 6) is 2.27. The Morgan fingerprint density at radius 2 is 1.93 bits per heavy atom. The first kappa shape index (κ1) is 17.7. The van der Waals surface area contributed by atoms with E-state index < -0.39 is 0 Å². The van der Waals surface area contributed by atoms with Gasteiger partial charge >= 0.3 is 0 Å². The summed E-state index contributed by atoms with van der Waals surface area (Å²) in [5, 5.41) is 7.13. The summed E-state index contributed by atoms with van der Waals surface area (Å²) in [7, 11) is 0. The third-order valence-corrected chi connectivity index (χ3v) is 5.64. The molecule has 0 aliphatic carbocycles. The minimum absolute atomic E-state index is 0.0432. The van der Waals surface area contributed by atoms with E-state index in [1.165, 1.54) is 5.56 Å². The van der Waals surface area contributed by atoms with Gasteiger partial charge in [0.2, 0.25) is 11.8 Å². The van der Waals surface area contributed by atoms with Gasteiger partial charge in [0.05, 0.1) is 6.54 Å². The highest BCUT2D eigenvalue weighted by Gasteiger charge is 2.33. The van der Waals surface area contributed by atoms with Gasteiger partial charge in [0.1, 0.15) is 5.82 Å². The highest BCUT2D eigenvalue weighted by molar-refractivity contribution is 5.86. The first-order chi connectivity index (χ1) is 13.1. The van der Waals surface area contributed by atoms with Crippen LogP contribution in [0.5, 0.6) is 0 Å². The van der Waals surface area contributed by atoms with Gasteiger partial charge in [0.15, 0.2) is 5.82 Å². The summed E-state index contributed by atoms with van der Waals surface area (Å²) in [6.45, 7) is 4.10. The Kier molecular flexibility index (Phi) is 4.92. The molecule has 27 heavy (non-hydrogen) atoms. The van der Waals surface area contributed by atoms with Crippen LogP contribution in [-0.4, -0.2) is 63.0 Å². The zero-order valence-corrected chi connectivity index (χ0v) is 15.6. The lowest BCUT2D eigenvalue weighted by molar-refractivity contribution is -0.139. The fourth-order valence-electron chi connectivity index (χ4n) is 4.07. The Morgan fingerprint density at radius 3 is 2.59 bits per heavy atom. The Morgan fingerprint density at radius 1 is 1.19 bits per heavy atom. The van der Waals surface area contributed by atoms with Crippen molar-refractivity contribution in [3.8, 4) is 0 Å². The number of rotatable bonds is 4. The molecule has 0 saturated carbocycles. The van der Waals surface area contributed by atoms with Gasteiger partial charge < -0.3 is 9.80 Å². The standard InChI is InChI=1S/C20H25N5O2/c1-14-21-20(23-22-14)16-7-9-24(10-8-16)19(27)13-25-12-17(11-18(25)26)15-5-3-2-4-6-15/h2-6,16-17H,7-13H2,1H3,(H,21,22,23)/t17-/m0/s1. The van der Waals surface area contributed by atoms with Crippen LogP contribution in [0.25, 0.3) is 0 Å². The number of carbonyl (C=O) groups excluding carboxylic acids is 2. The third-order valence-electron chi connectivity index (χ3n) is 5.64. The predicted molar refractivity (Wildman–Crippen MR) is 100 cm³/mol. The molecule has 0 spiro atoms. The summed E-state index contributed by atoms with van der Waals surface area (Å²) in [4.78, 5) is 33.0. The van der Waals surface area contributed by atoms with Crippen LogP contribution >= 0.6 is 0 Å². The summed E-state index contributed by atoms with van der Waals surface area (Å²) in [5.41, 5.74) is 1.17. The first-order valence-electron chi connectivity index (χ1n) is 9.59. The molecule has 7 nitrogen and oxygen atoms in total. The number of aryl methyl sites for hydroxylation is 1. The molecule has 0 radical (unpaired) electrons. The number of hydrogen-bond donors (Lipinski definition) is 1. The number of H-pyrrole nitrogens is 1. The molecule has 3 heterocycles. The second-order valence-corrected chi connectivity index (χ2v) is 7.52. The second kappa shape index (κ2) is 7.50. The maximum atomic E-state index is 12.7. The Hall–Kier alpha value is -2.70. The average molecular weight is 367 g/mol. The molecule has 142 valence electrons. The van der Waals surface area contributed by atoms with Crippen molar-refractivity contribution in [3.63, 3.8) is 0 Å². The van der Waals surface area contributed by atoms with E-state index in [1.54, 1.807) is 4.90 Å². The van der Waals surface area contributed by atoms with Gasteiger partial charge in [-0.15, -0.1) is 0 Å². The molecule has 2 aromatic rings. The monoisotopic (exact) mass is 367 g/mol. The number of likely N-dealkylation sites (tertiary alicyclic amines) is 2. The van der Waals surface area contributed by atoms with Crippen LogP contribution in [-0.2, 0) is 9.59 Å². The van der Waals surface area contributed by atoms with Crippen molar-refractivity contribution in [3.05, 3.63) is 47.5 Å². The SMILES string of the molecule is Cc1nc(C2CCN(C(=O)CN3C[C@@H](c4ccccc4)CC3=O)CC2)n[nH]1. The minimum atomic E-state index is 0.0432. The van der Waals surface area contributed by atoms with Crippen molar-refractivity contribution >= 4 is 11.8 Å². The molecular formula is C20H25N5O2. The van der Waals surface area contributed by atoms with Crippen LogP contribution in [0.4, 0.5) is 0 Å². The average Bonchev–Trinajstić information content (AvgIpc) is 3.29.